The Morgan fingerprint density at radius 1 is 1.50 bits per heavy atom. The number of hydrogen-bond acceptors (Lipinski definition) is 4. The second-order valence-electron chi connectivity index (χ2n) is 3.77. The van der Waals surface area contributed by atoms with Crippen LogP contribution in [0.25, 0.3) is 0 Å². The van der Waals surface area contributed by atoms with Gasteiger partial charge in [-0.2, -0.15) is 0 Å². The van der Waals surface area contributed by atoms with Gasteiger partial charge in [-0.05, 0) is 39.4 Å². The molecule has 2 unspecified atom stereocenters. The predicted octanol–water partition coefficient (Wildman–Crippen LogP) is -0.0606. The lowest BCUT2D eigenvalue weighted by Gasteiger charge is -2.20. The number of rotatable bonds is 4. The maximum Gasteiger partial charge on any atom is 0.0229 e. The van der Waals surface area contributed by atoms with E-state index < -0.39 is 11.1 Å². The van der Waals surface area contributed by atoms with E-state index in [9.17, 15) is 8.76 Å². The van der Waals surface area contributed by atoms with Gasteiger partial charge < -0.3 is 14.8 Å². The minimum atomic E-state index is -1.89. The van der Waals surface area contributed by atoms with Crippen molar-refractivity contribution in [3.05, 3.63) is 0 Å². The Morgan fingerprint density at radius 2 is 2.29 bits per heavy atom. The van der Waals surface area contributed by atoms with Crippen LogP contribution in [0.5, 0.6) is 0 Å². The molecule has 0 radical (unpaired) electrons. The molecule has 0 aromatic carbocycles. The lowest BCUT2D eigenvalue weighted by molar-refractivity contribution is 0.298. The van der Waals surface area contributed by atoms with Crippen molar-refractivity contribution in [2.45, 2.75) is 25.3 Å². The van der Waals surface area contributed by atoms with Crippen LogP contribution in [-0.2, 0) is 11.1 Å². The third-order valence-corrected chi connectivity index (χ3v) is 3.32. The van der Waals surface area contributed by atoms with Gasteiger partial charge in [-0.1, -0.05) is 11.1 Å². The molecule has 0 spiro atoms. The van der Waals surface area contributed by atoms with E-state index in [2.05, 4.69) is 10.2 Å². The molecule has 1 saturated heterocycles. The largest absolute Gasteiger partial charge is 0.772 e. The molecule has 1 aliphatic heterocycles. The van der Waals surface area contributed by atoms with Crippen molar-refractivity contribution in [3.8, 4) is 0 Å². The topological polar surface area (TPSA) is 55.4 Å². The highest BCUT2D eigenvalue weighted by molar-refractivity contribution is 7.79. The summed E-state index contributed by atoms with van der Waals surface area (Å²) < 4.78 is 20.8. The van der Waals surface area contributed by atoms with Crippen LogP contribution < -0.4 is 5.32 Å². The Balaban J connectivity index is 2.23. The monoisotopic (exact) mass is 219 g/mol. The fourth-order valence-electron chi connectivity index (χ4n) is 1.87. The zero-order chi connectivity index (χ0) is 10.4. The fraction of sp³-hybridized carbons (Fsp3) is 1.00. The first-order valence-corrected chi connectivity index (χ1v) is 6.42. The van der Waals surface area contributed by atoms with E-state index in [1.54, 1.807) is 0 Å². The highest BCUT2D eigenvalue weighted by Gasteiger charge is 2.14. The molecule has 4 nitrogen and oxygen atoms in total. The summed E-state index contributed by atoms with van der Waals surface area (Å²) in [5.74, 6) is 0.268. The van der Waals surface area contributed by atoms with Crippen molar-refractivity contribution in [2.24, 2.45) is 0 Å². The molecule has 0 saturated carbocycles. The molecule has 0 bridgehead atoms. The summed E-state index contributed by atoms with van der Waals surface area (Å²) in [6.07, 6.45) is 3.49. The van der Waals surface area contributed by atoms with Gasteiger partial charge in [-0.25, -0.2) is 0 Å². The first kappa shape index (κ1) is 12.1. The molecule has 0 aromatic heterocycles. The van der Waals surface area contributed by atoms with E-state index in [0.29, 0.717) is 12.6 Å². The Kier molecular flexibility index (Phi) is 5.62. The van der Waals surface area contributed by atoms with Crippen molar-refractivity contribution < 1.29 is 8.76 Å². The molecule has 14 heavy (non-hydrogen) atoms. The molecule has 1 fully saturated rings. The molecular formula is C9H19N2O2S-. The Bertz CT molecular complexity index is 190. The summed E-state index contributed by atoms with van der Waals surface area (Å²) in [5, 5.41) is 3.28. The van der Waals surface area contributed by atoms with Gasteiger partial charge in [0.2, 0.25) is 0 Å². The minimum Gasteiger partial charge on any atom is -0.772 e. The fourth-order valence-corrected chi connectivity index (χ4v) is 2.28. The van der Waals surface area contributed by atoms with Crippen LogP contribution in [-0.4, -0.2) is 52.1 Å². The van der Waals surface area contributed by atoms with E-state index in [1.165, 1.54) is 6.42 Å². The van der Waals surface area contributed by atoms with Crippen LogP contribution in [0.3, 0.4) is 0 Å². The van der Waals surface area contributed by atoms with Gasteiger partial charge in [0.1, 0.15) is 0 Å². The van der Waals surface area contributed by atoms with Crippen molar-refractivity contribution in [3.63, 3.8) is 0 Å². The van der Waals surface area contributed by atoms with Crippen LogP contribution in [0.4, 0.5) is 0 Å². The van der Waals surface area contributed by atoms with E-state index in [1.807, 2.05) is 7.05 Å². The van der Waals surface area contributed by atoms with Crippen molar-refractivity contribution >= 4 is 11.1 Å². The lowest BCUT2D eigenvalue weighted by Crippen LogP contribution is -2.31. The number of likely N-dealkylation sites (tertiary alicyclic amines) is 1. The highest BCUT2D eigenvalue weighted by Crippen LogP contribution is 2.10. The maximum absolute atomic E-state index is 10.4. The molecule has 84 valence electrons. The molecule has 1 heterocycles. The summed E-state index contributed by atoms with van der Waals surface area (Å²) in [6.45, 7) is 2.74. The van der Waals surface area contributed by atoms with E-state index in [0.717, 1.165) is 25.9 Å². The van der Waals surface area contributed by atoms with Crippen LogP contribution in [0.1, 0.15) is 19.3 Å². The standard InChI is InChI=1S/C9H20N2O2S/c1-10-9-3-2-5-11(6-4-9)7-8-14(12)13/h9-10H,2-8H2,1H3,(H,12,13)/p-1. The number of nitrogens with one attached hydrogen (secondary N) is 1. The highest BCUT2D eigenvalue weighted by atomic mass is 32.2. The zero-order valence-electron chi connectivity index (χ0n) is 8.70. The van der Waals surface area contributed by atoms with E-state index in [4.69, 9.17) is 0 Å². The summed E-state index contributed by atoms with van der Waals surface area (Å²) in [5.41, 5.74) is 0. The molecule has 2 atom stereocenters. The van der Waals surface area contributed by atoms with E-state index in [-0.39, 0.29) is 5.75 Å². The van der Waals surface area contributed by atoms with Crippen LogP contribution >= 0.6 is 0 Å². The Hall–Kier alpha value is 0.0300. The second-order valence-corrected chi connectivity index (χ2v) is 4.78. The lowest BCUT2D eigenvalue weighted by atomic mass is 10.1. The van der Waals surface area contributed by atoms with Crippen LogP contribution in [0, 0.1) is 0 Å². The SMILES string of the molecule is CNC1CCCN(CCS(=O)[O-])CC1. The maximum atomic E-state index is 10.4. The molecular weight excluding hydrogens is 200 g/mol. The normalized spacial score (nSPS) is 27.1. The van der Waals surface area contributed by atoms with Gasteiger partial charge in [0, 0.05) is 18.3 Å². The first-order valence-electron chi connectivity index (χ1n) is 5.18. The van der Waals surface area contributed by atoms with Crippen molar-refractivity contribution in [1.82, 2.24) is 10.2 Å². The van der Waals surface area contributed by atoms with Gasteiger partial charge >= 0.3 is 0 Å². The van der Waals surface area contributed by atoms with Gasteiger partial charge in [-0.15, -0.1) is 0 Å². The van der Waals surface area contributed by atoms with Gasteiger partial charge in [0.05, 0.1) is 0 Å². The molecule has 1 aliphatic rings. The summed E-state index contributed by atoms with van der Waals surface area (Å²) in [4.78, 5) is 2.24. The van der Waals surface area contributed by atoms with E-state index >= 15 is 0 Å². The van der Waals surface area contributed by atoms with Gasteiger partial charge in [0.15, 0.2) is 0 Å². The third-order valence-electron chi connectivity index (χ3n) is 2.80. The second kappa shape index (κ2) is 6.50. The Morgan fingerprint density at radius 3 is 2.93 bits per heavy atom. The molecule has 0 aromatic rings. The Labute approximate surface area is 88.3 Å². The third kappa shape index (κ3) is 4.50. The summed E-state index contributed by atoms with van der Waals surface area (Å²) in [7, 11) is 1.99. The smallest absolute Gasteiger partial charge is 0.0229 e. The molecule has 5 heteroatoms. The predicted molar refractivity (Wildman–Crippen MR) is 56.9 cm³/mol. The number of hydrogen-bond donors (Lipinski definition) is 1. The summed E-state index contributed by atoms with van der Waals surface area (Å²) >= 11 is -1.89. The molecule has 0 aliphatic carbocycles. The first-order chi connectivity index (χ1) is 6.72. The van der Waals surface area contributed by atoms with Crippen LogP contribution in [0.2, 0.25) is 0 Å². The zero-order valence-corrected chi connectivity index (χ0v) is 9.52. The van der Waals surface area contributed by atoms with Gasteiger partial charge in [-0.3, -0.25) is 4.21 Å². The summed E-state index contributed by atoms with van der Waals surface area (Å²) in [6, 6.07) is 0.609. The average Bonchev–Trinajstić information content (AvgIpc) is 2.39. The van der Waals surface area contributed by atoms with Gasteiger partial charge in [0.25, 0.3) is 0 Å². The van der Waals surface area contributed by atoms with Crippen LogP contribution in [0.15, 0.2) is 0 Å². The van der Waals surface area contributed by atoms with Crippen molar-refractivity contribution in [2.75, 3.05) is 32.4 Å². The minimum absolute atomic E-state index is 0.268. The average molecular weight is 219 g/mol. The molecule has 1 rings (SSSR count). The molecule has 1 N–H and O–H groups in total. The number of nitrogens with zero attached hydrogens (tertiary/aromatic N) is 1. The quantitative estimate of drug-likeness (QED) is 0.673. The molecule has 0 amide bonds. The van der Waals surface area contributed by atoms with Crippen molar-refractivity contribution in [1.29, 1.82) is 0 Å².